The zero-order valence-electron chi connectivity index (χ0n) is 16.2. The van der Waals surface area contributed by atoms with Crippen LogP contribution < -0.4 is 4.74 Å². The fraction of sp³-hybridized carbons (Fsp3) is 0.368. The van der Waals surface area contributed by atoms with Crippen LogP contribution in [-0.4, -0.2) is 66.3 Å². The van der Waals surface area contributed by atoms with Gasteiger partial charge in [0.1, 0.15) is 16.3 Å². The molecule has 0 N–H and O–H groups in total. The summed E-state index contributed by atoms with van der Waals surface area (Å²) in [4.78, 5) is 9.27. The van der Waals surface area contributed by atoms with Gasteiger partial charge >= 0.3 is 0 Å². The molecule has 0 radical (unpaired) electrons. The lowest BCUT2D eigenvalue weighted by atomic mass is 10.1. The molecule has 0 bridgehead atoms. The lowest BCUT2D eigenvalue weighted by Gasteiger charge is -2.26. The Hall–Kier alpha value is -2.14. The van der Waals surface area contributed by atoms with Crippen molar-refractivity contribution in [3.63, 3.8) is 0 Å². The van der Waals surface area contributed by atoms with Crippen LogP contribution in [-0.2, 0) is 14.8 Å². The van der Waals surface area contributed by atoms with Crippen LogP contribution in [0.5, 0.6) is 5.75 Å². The van der Waals surface area contributed by atoms with E-state index in [1.807, 2.05) is 16.7 Å². The Balaban J connectivity index is 1.76. The fourth-order valence-corrected chi connectivity index (χ4v) is 5.50. The summed E-state index contributed by atoms with van der Waals surface area (Å²) in [5.74, 6) is 1.17. The molecule has 0 amide bonds. The van der Waals surface area contributed by atoms with E-state index in [9.17, 15) is 8.42 Å². The monoisotopic (exact) mass is 434 g/mol. The maximum Gasteiger partial charge on any atom is 0.246 e. The van der Waals surface area contributed by atoms with Gasteiger partial charge in [-0.1, -0.05) is 24.8 Å². The third-order valence-corrected chi connectivity index (χ3v) is 7.45. The highest BCUT2D eigenvalue weighted by molar-refractivity contribution is 7.99. The van der Waals surface area contributed by atoms with Gasteiger partial charge in [-0.25, -0.2) is 18.4 Å². The Morgan fingerprint density at radius 3 is 2.76 bits per heavy atom. The molecule has 1 fully saturated rings. The Morgan fingerprint density at radius 1 is 1.24 bits per heavy atom. The number of nitrogens with zero attached hydrogens (tertiary/aromatic N) is 4. The van der Waals surface area contributed by atoms with Crippen LogP contribution in [0, 0.1) is 0 Å². The predicted molar refractivity (Wildman–Crippen MR) is 111 cm³/mol. The molecule has 0 spiro atoms. The van der Waals surface area contributed by atoms with Gasteiger partial charge in [0.25, 0.3) is 0 Å². The number of hydrogen-bond acceptors (Lipinski definition) is 7. The number of hydrogen-bond donors (Lipinski definition) is 0. The molecule has 1 aliphatic heterocycles. The Labute approximate surface area is 173 Å². The van der Waals surface area contributed by atoms with Crippen molar-refractivity contribution in [2.75, 3.05) is 39.2 Å². The van der Waals surface area contributed by atoms with Gasteiger partial charge < -0.3 is 9.47 Å². The number of fused-ring (bicyclic) bond motifs is 1. The molecule has 0 atom stereocenters. The Kier molecular flexibility index (Phi) is 5.77. The van der Waals surface area contributed by atoms with Gasteiger partial charge in [-0.05, 0) is 17.9 Å². The first kappa shape index (κ1) is 20.1. The van der Waals surface area contributed by atoms with Gasteiger partial charge in [-0.3, -0.25) is 4.40 Å². The Bertz CT molecular complexity index is 1120. The van der Waals surface area contributed by atoms with Crippen molar-refractivity contribution in [2.24, 2.45) is 0 Å². The molecule has 2 aromatic heterocycles. The van der Waals surface area contributed by atoms with Crippen molar-refractivity contribution in [1.29, 1.82) is 0 Å². The van der Waals surface area contributed by atoms with Gasteiger partial charge in [0.2, 0.25) is 10.0 Å². The smallest absolute Gasteiger partial charge is 0.246 e. The van der Waals surface area contributed by atoms with Crippen molar-refractivity contribution in [3.8, 4) is 17.0 Å². The summed E-state index contributed by atoms with van der Waals surface area (Å²) in [6, 6.07) is 6.95. The molecule has 3 heterocycles. The second-order valence-electron chi connectivity index (χ2n) is 6.39. The second-order valence-corrected chi connectivity index (χ2v) is 9.53. The topological polar surface area (TPSA) is 86.0 Å². The molecule has 8 nitrogen and oxygen atoms in total. The number of rotatable bonds is 6. The molecule has 3 aromatic rings. The number of imidazole rings is 1. The van der Waals surface area contributed by atoms with Gasteiger partial charge in [-0.2, -0.15) is 4.31 Å². The molecule has 0 saturated carbocycles. The number of morpholine rings is 1. The van der Waals surface area contributed by atoms with Crippen LogP contribution in [0.2, 0.25) is 0 Å². The molecule has 0 unspecified atom stereocenters. The summed E-state index contributed by atoms with van der Waals surface area (Å²) in [7, 11) is -2.19. The molecular weight excluding hydrogens is 412 g/mol. The fourth-order valence-electron chi connectivity index (χ4n) is 3.24. The zero-order chi connectivity index (χ0) is 20.4. The van der Waals surface area contributed by atoms with E-state index in [1.165, 1.54) is 11.4 Å². The highest BCUT2D eigenvalue weighted by atomic mass is 32.2. The quantitative estimate of drug-likeness (QED) is 0.435. The minimum absolute atomic E-state index is 0.149. The highest BCUT2D eigenvalue weighted by Crippen LogP contribution is 2.33. The van der Waals surface area contributed by atoms with Crippen molar-refractivity contribution < 1.29 is 17.9 Å². The SMILES string of the molecule is CCSc1nc(-c2ccc(S(=O)(=O)N3CCOCC3)c(OC)c2)cc2nccn12. The third-order valence-electron chi connectivity index (χ3n) is 4.68. The minimum atomic E-state index is -3.66. The van der Waals surface area contributed by atoms with E-state index in [2.05, 4.69) is 11.9 Å². The first-order valence-corrected chi connectivity index (χ1v) is 11.7. The van der Waals surface area contributed by atoms with Crippen molar-refractivity contribution in [2.45, 2.75) is 17.0 Å². The lowest BCUT2D eigenvalue weighted by molar-refractivity contribution is 0.0729. The average Bonchev–Trinajstić information content (AvgIpc) is 3.23. The molecule has 1 saturated heterocycles. The summed E-state index contributed by atoms with van der Waals surface area (Å²) in [6.07, 6.45) is 3.61. The maximum absolute atomic E-state index is 13.1. The van der Waals surface area contributed by atoms with E-state index < -0.39 is 10.0 Å². The maximum atomic E-state index is 13.1. The number of thioether (sulfide) groups is 1. The van der Waals surface area contributed by atoms with Crippen LogP contribution in [0.1, 0.15) is 6.92 Å². The summed E-state index contributed by atoms with van der Waals surface area (Å²) in [5, 5.41) is 0.835. The summed E-state index contributed by atoms with van der Waals surface area (Å²) in [5.41, 5.74) is 2.27. The number of ether oxygens (including phenoxy) is 2. The van der Waals surface area contributed by atoms with Crippen molar-refractivity contribution in [1.82, 2.24) is 18.7 Å². The molecule has 10 heteroatoms. The summed E-state index contributed by atoms with van der Waals surface area (Å²) < 4.78 is 40.2. The van der Waals surface area contributed by atoms with Crippen LogP contribution in [0.3, 0.4) is 0 Å². The largest absolute Gasteiger partial charge is 0.495 e. The second kappa shape index (κ2) is 8.31. The normalized spacial score (nSPS) is 15.7. The number of sulfonamides is 1. The Morgan fingerprint density at radius 2 is 2.03 bits per heavy atom. The molecule has 0 aliphatic carbocycles. The van der Waals surface area contributed by atoms with Gasteiger partial charge in [-0.15, -0.1) is 0 Å². The lowest BCUT2D eigenvalue weighted by Crippen LogP contribution is -2.40. The predicted octanol–water partition coefficient (Wildman–Crippen LogP) is 2.54. The molecule has 1 aliphatic rings. The van der Waals surface area contributed by atoms with Crippen LogP contribution >= 0.6 is 11.8 Å². The number of methoxy groups -OCH3 is 1. The van der Waals surface area contributed by atoms with Gasteiger partial charge in [0.05, 0.1) is 26.0 Å². The van der Waals surface area contributed by atoms with Gasteiger partial charge in [0, 0.05) is 37.1 Å². The van der Waals surface area contributed by atoms with Crippen molar-refractivity contribution in [3.05, 3.63) is 36.7 Å². The standard InChI is InChI=1S/C19H22N4O4S2/c1-3-28-19-21-15(13-18-20-6-7-23(18)19)14-4-5-17(16(12-14)26-2)29(24,25)22-8-10-27-11-9-22/h4-7,12-13H,3,8-11H2,1-2H3. The van der Waals surface area contributed by atoms with Gasteiger partial charge in [0.15, 0.2) is 5.16 Å². The average molecular weight is 435 g/mol. The molecule has 154 valence electrons. The summed E-state index contributed by atoms with van der Waals surface area (Å²) in [6.45, 7) is 3.53. The molecule has 4 rings (SSSR count). The van der Waals surface area contributed by atoms with E-state index in [0.717, 1.165) is 22.1 Å². The van der Waals surface area contributed by atoms with E-state index >= 15 is 0 Å². The zero-order valence-corrected chi connectivity index (χ0v) is 17.9. The number of benzene rings is 1. The van der Waals surface area contributed by atoms with E-state index in [1.54, 1.807) is 36.2 Å². The van der Waals surface area contributed by atoms with E-state index in [0.29, 0.717) is 37.7 Å². The minimum Gasteiger partial charge on any atom is -0.495 e. The van der Waals surface area contributed by atoms with Crippen molar-refractivity contribution >= 4 is 27.4 Å². The van der Waals surface area contributed by atoms with Crippen LogP contribution in [0.15, 0.2) is 46.7 Å². The summed E-state index contributed by atoms with van der Waals surface area (Å²) >= 11 is 1.62. The highest BCUT2D eigenvalue weighted by Gasteiger charge is 2.29. The first-order chi connectivity index (χ1) is 14.0. The first-order valence-electron chi connectivity index (χ1n) is 9.28. The van der Waals surface area contributed by atoms with Crippen LogP contribution in [0.25, 0.3) is 16.9 Å². The van der Waals surface area contributed by atoms with E-state index in [-0.39, 0.29) is 4.90 Å². The molecule has 1 aromatic carbocycles. The molecular formula is C19H22N4O4S2. The van der Waals surface area contributed by atoms with E-state index in [4.69, 9.17) is 14.5 Å². The third kappa shape index (κ3) is 3.85. The van der Waals surface area contributed by atoms with Crippen LogP contribution in [0.4, 0.5) is 0 Å². The number of aromatic nitrogens is 3. The molecule has 29 heavy (non-hydrogen) atoms.